The molecule has 1 aliphatic rings. The van der Waals surface area contributed by atoms with E-state index >= 15 is 0 Å². The fourth-order valence-corrected chi connectivity index (χ4v) is 3.27. The number of hydrogen-bond acceptors (Lipinski definition) is 3. The van der Waals surface area contributed by atoms with Crippen LogP contribution in [-0.4, -0.2) is 40.4 Å². The molecule has 3 rings (SSSR count). The third-order valence-electron chi connectivity index (χ3n) is 4.83. The molecular weight excluding hydrogens is 260 g/mol. The first-order chi connectivity index (χ1) is 10.2. The summed E-state index contributed by atoms with van der Waals surface area (Å²) in [5, 5.41) is 9.68. The number of aryl methyl sites for hydroxylation is 1. The van der Waals surface area contributed by atoms with Crippen molar-refractivity contribution in [3.8, 4) is 0 Å². The van der Waals surface area contributed by atoms with E-state index in [1.807, 2.05) is 11.7 Å². The lowest BCUT2D eigenvalue weighted by Crippen LogP contribution is -2.52. The Morgan fingerprint density at radius 3 is 3.00 bits per heavy atom. The Labute approximate surface area is 127 Å². The van der Waals surface area contributed by atoms with Crippen LogP contribution in [0.4, 0.5) is 0 Å². The molecule has 1 saturated heterocycles. The second kappa shape index (κ2) is 6.16. The molecule has 1 aromatic carbocycles. The molecule has 114 valence electrons. The summed E-state index contributed by atoms with van der Waals surface area (Å²) < 4.78 is 2.00. The molecule has 1 aromatic heterocycles. The topological polar surface area (TPSA) is 33.1 Å². The fourth-order valence-electron chi connectivity index (χ4n) is 3.27. The van der Waals surface area contributed by atoms with Crippen molar-refractivity contribution in [2.45, 2.75) is 32.9 Å². The molecule has 1 aliphatic heterocycles. The molecule has 0 amide bonds. The highest BCUT2D eigenvalue weighted by Gasteiger charge is 2.24. The lowest BCUT2D eigenvalue weighted by Gasteiger charge is -2.36. The van der Waals surface area contributed by atoms with Crippen molar-refractivity contribution in [1.82, 2.24) is 20.0 Å². The number of fused-ring (bicyclic) bond motifs is 1. The van der Waals surface area contributed by atoms with E-state index in [0.717, 1.165) is 32.1 Å². The Morgan fingerprint density at radius 1 is 1.38 bits per heavy atom. The smallest absolute Gasteiger partial charge is 0.0843 e. The van der Waals surface area contributed by atoms with Crippen LogP contribution in [0.25, 0.3) is 10.9 Å². The second-order valence-electron chi connectivity index (χ2n) is 6.27. The van der Waals surface area contributed by atoms with Gasteiger partial charge in [-0.3, -0.25) is 9.58 Å². The normalized spacial score (nSPS) is 21.8. The number of piperazine rings is 1. The van der Waals surface area contributed by atoms with Crippen molar-refractivity contribution in [2.75, 3.05) is 19.6 Å². The van der Waals surface area contributed by atoms with Crippen LogP contribution in [0, 0.1) is 5.92 Å². The van der Waals surface area contributed by atoms with Crippen molar-refractivity contribution < 1.29 is 0 Å². The van der Waals surface area contributed by atoms with Crippen LogP contribution in [0.5, 0.6) is 0 Å². The number of nitrogens with zero attached hydrogens (tertiary/aromatic N) is 3. The largest absolute Gasteiger partial charge is 0.311 e. The summed E-state index contributed by atoms with van der Waals surface area (Å²) in [7, 11) is 2.03. The van der Waals surface area contributed by atoms with Gasteiger partial charge in [-0.2, -0.15) is 5.10 Å². The van der Waals surface area contributed by atoms with E-state index in [0.29, 0.717) is 6.04 Å². The molecule has 0 spiro atoms. The Balaban J connectivity index is 1.76. The summed E-state index contributed by atoms with van der Waals surface area (Å²) >= 11 is 0. The third-order valence-corrected chi connectivity index (χ3v) is 4.83. The number of benzene rings is 1. The van der Waals surface area contributed by atoms with Crippen LogP contribution in [0.3, 0.4) is 0 Å². The quantitative estimate of drug-likeness (QED) is 0.937. The molecule has 2 unspecified atom stereocenters. The van der Waals surface area contributed by atoms with Crippen molar-refractivity contribution in [2.24, 2.45) is 13.0 Å². The van der Waals surface area contributed by atoms with Gasteiger partial charge in [0.15, 0.2) is 0 Å². The minimum absolute atomic E-state index is 0.610. The second-order valence-corrected chi connectivity index (χ2v) is 6.27. The van der Waals surface area contributed by atoms with Gasteiger partial charge in [-0.25, -0.2) is 0 Å². The van der Waals surface area contributed by atoms with E-state index in [9.17, 15) is 0 Å². The maximum atomic E-state index is 4.73. The standard InChI is InChI=1S/C17H26N4/c1-4-13(2)15-11-21(10-9-18-15)12-16-14-7-5-6-8-17(14)20(3)19-16/h5-8,13,15,18H,4,9-12H2,1-3H3. The SMILES string of the molecule is CCC(C)C1CN(Cc2nn(C)c3ccccc23)CCN1. The molecular formula is C17H26N4. The van der Waals surface area contributed by atoms with Crippen LogP contribution >= 0.6 is 0 Å². The minimum atomic E-state index is 0.610. The Morgan fingerprint density at radius 2 is 2.19 bits per heavy atom. The van der Waals surface area contributed by atoms with Crippen LogP contribution in [0.2, 0.25) is 0 Å². The van der Waals surface area contributed by atoms with E-state index < -0.39 is 0 Å². The van der Waals surface area contributed by atoms with Gasteiger partial charge >= 0.3 is 0 Å². The molecule has 1 fully saturated rings. The first kappa shape index (κ1) is 14.5. The molecule has 21 heavy (non-hydrogen) atoms. The van der Waals surface area contributed by atoms with Crippen LogP contribution < -0.4 is 5.32 Å². The molecule has 0 radical (unpaired) electrons. The summed E-state index contributed by atoms with van der Waals surface area (Å²) in [6.45, 7) is 8.89. The average molecular weight is 286 g/mol. The van der Waals surface area contributed by atoms with Crippen LogP contribution in [0.1, 0.15) is 26.0 Å². The van der Waals surface area contributed by atoms with Gasteiger partial charge in [-0.15, -0.1) is 0 Å². The van der Waals surface area contributed by atoms with Crippen LogP contribution in [-0.2, 0) is 13.6 Å². The summed E-state index contributed by atoms with van der Waals surface area (Å²) in [4.78, 5) is 2.54. The first-order valence-corrected chi connectivity index (χ1v) is 8.05. The maximum absolute atomic E-state index is 4.73. The Hall–Kier alpha value is -1.39. The highest BCUT2D eigenvalue weighted by molar-refractivity contribution is 5.81. The van der Waals surface area contributed by atoms with Gasteiger partial charge in [0.2, 0.25) is 0 Å². The summed E-state index contributed by atoms with van der Waals surface area (Å²) in [5.41, 5.74) is 2.43. The summed E-state index contributed by atoms with van der Waals surface area (Å²) in [6.07, 6.45) is 1.23. The van der Waals surface area contributed by atoms with Crippen molar-refractivity contribution in [3.05, 3.63) is 30.0 Å². The van der Waals surface area contributed by atoms with Gasteiger partial charge in [0, 0.05) is 44.7 Å². The highest BCUT2D eigenvalue weighted by Crippen LogP contribution is 2.20. The van der Waals surface area contributed by atoms with Gasteiger partial charge in [-0.1, -0.05) is 38.5 Å². The van der Waals surface area contributed by atoms with Gasteiger partial charge in [0.1, 0.15) is 0 Å². The first-order valence-electron chi connectivity index (χ1n) is 8.05. The third kappa shape index (κ3) is 2.97. The maximum Gasteiger partial charge on any atom is 0.0843 e. The Kier molecular flexibility index (Phi) is 4.27. The molecule has 4 heteroatoms. The van der Waals surface area contributed by atoms with Crippen molar-refractivity contribution in [3.63, 3.8) is 0 Å². The summed E-state index contributed by atoms with van der Waals surface area (Å²) in [6, 6.07) is 9.13. The monoisotopic (exact) mass is 286 g/mol. The predicted molar refractivity (Wildman–Crippen MR) is 87.2 cm³/mol. The number of nitrogens with one attached hydrogen (secondary N) is 1. The lowest BCUT2D eigenvalue weighted by molar-refractivity contribution is 0.161. The van der Waals surface area contributed by atoms with Gasteiger partial charge in [-0.05, 0) is 12.0 Å². The predicted octanol–water partition coefficient (Wildman–Crippen LogP) is 2.39. The van der Waals surface area contributed by atoms with E-state index in [2.05, 4.69) is 48.3 Å². The van der Waals surface area contributed by atoms with E-state index in [4.69, 9.17) is 5.10 Å². The van der Waals surface area contributed by atoms with Gasteiger partial charge < -0.3 is 5.32 Å². The molecule has 2 aromatic rings. The molecule has 0 saturated carbocycles. The van der Waals surface area contributed by atoms with Crippen LogP contribution in [0.15, 0.2) is 24.3 Å². The zero-order chi connectivity index (χ0) is 14.8. The highest BCUT2D eigenvalue weighted by atomic mass is 15.3. The Bertz CT molecular complexity index is 604. The number of hydrogen-bond donors (Lipinski definition) is 1. The lowest BCUT2D eigenvalue weighted by atomic mass is 9.97. The number of rotatable bonds is 4. The number of para-hydroxylation sites is 1. The van der Waals surface area contributed by atoms with Crippen molar-refractivity contribution >= 4 is 10.9 Å². The van der Waals surface area contributed by atoms with E-state index in [1.54, 1.807) is 0 Å². The fraction of sp³-hybridized carbons (Fsp3) is 0.588. The van der Waals surface area contributed by atoms with E-state index in [-0.39, 0.29) is 0 Å². The van der Waals surface area contributed by atoms with E-state index in [1.165, 1.54) is 23.0 Å². The summed E-state index contributed by atoms with van der Waals surface area (Å²) in [5.74, 6) is 0.730. The average Bonchev–Trinajstić information content (AvgIpc) is 2.83. The number of aromatic nitrogens is 2. The molecule has 0 bridgehead atoms. The van der Waals surface area contributed by atoms with Gasteiger partial charge in [0.05, 0.1) is 11.2 Å². The molecule has 1 N–H and O–H groups in total. The van der Waals surface area contributed by atoms with Crippen molar-refractivity contribution in [1.29, 1.82) is 0 Å². The molecule has 2 heterocycles. The molecule has 2 atom stereocenters. The minimum Gasteiger partial charge on any atom is -0.311 e. The zero-order valence-electron chi connectivity index (χ0n) is 13.3. The zero-order valence-corrected chi connectivity index (χ0v) is 13.3. The molecule has 0 aliphatic carbocycles. The molecule has 4 nitrogen and oxygen atoms in total. The van der Waals surface area contributed by atoms with Gasteiger partial charge in [0.25, 0.3) is 0 Å².